The molecule has 0 aliphatic carbocycles. The van der Waals surface area contributed by atoms with Gasteiger partial charge in [0.1, 0.15) is 5.82 Å². The summed E-state index contributed by atoms with van der Waals surface area (Å²) in [7, 11) is 0. The molecule has 120 valence electrons. The van der Waals surface area contributed by atoms with E-state index in [1.54, 1.807) is 11.8 Å². The predicted octanol–water partition coefficient (Wildman–Crippen LogP) is 4.55. The number of hydrogen-bond acceptors (Lipinski definition) is 4. The Bertz CT molecular complexity index is 863. The van der Waals surface area contributed by atoms with Crippen LogP contribution in [0.3, 0.4) is 0 Å². The fourth-order valence-electron chi connectivity index (χ4n) is 2.47. The minimum atomic E-state index is 0.276. The molecule has 0 fully saturated rings. The van der Waals surface area contributed by atoms with Crippen molar-refractivity contribution in [3.05, 3.63) is 71.5 Å². The molecule has 0 unspecified atom stereocenters. The Labute approximate surface area is 146 Å². The highest BCUT2D eigenvalue weighted by Gasteiger charge is 2.17. The molecule has 4 nitrogen and oxygen atoms in total. The summed E-state index contributed by atoms with van der Waals surface area (Å²) in [6, 6.07) is 20.1. The van der Waals surface area contributed by atoms with Crippen molar-refractivity contribution in [2.45, 2.75) is 30.7 Å². The smallest absolute Gasteiger partial charge is 0.196 e. The van der Waals surface area contributed by atoms with Gasteiger partial charge in [0, 0.05) is 17.4 Å². The molecule has 0 radical (unpaired) electrons. The molecule has 1 heterocycles. The highest BCUT2D eigenvalue weighted by Crippen LogP contribution is 2.28. The maximum Gasteiger partial charge on any atom is 0.196 e. The van der Waals surface area contributed by atoms with E-state index >= 15 is 0 Å². The van der Waals surface area contributed by atoms with E-state index in [1.165, 1.54) is 0 Å². The Kier molecular flexibility index (Phi) is 4.97. The molecule has 2 aromatic carbocycles. The van der Waals surface area contributed by atoms with Crippen molar-refractivity contribution < 1.29 is 0 Å². The van der Waals surface area contributed by atoms with E-state index in [9.17, 15) is 5.26 Å². The van der Waals surface area contributed by atoms with Gasteiger partial charge in [-0.3, -0.25) is 4.57 Å². The first-order valence-electron chi connectivity index (χ1n) is 7.82. The lowest BCUT2D eigenvalue weighted by Crippen LogP contribution is -2.04. The van der Waals surface area contributed by atoms with E-state index in [0.717, 1.165) is 22.2 Å². The third-order valence-electron chi connectivity index (χ3n) is 3.68. The number of thioether (sulfide) groups is 1. The summed E-state index contributed by atoms with van der Waals surface area (Å²) in [6.07, 6.45) is 0. The van der Waals surface area contributed by atoms with Crippen LogP contribution in [0.1, 0.15) is 36.7 Å². The van der Waals surface area contributed by atoms with Gasteiger partial charge in [-0.1, -0.05) is 62.0 Å². The van der Waals surface area contributed by atoms with Gasteiger partial charge in [0.2, 0.25) is 0 Å². The molecule has 24 heavy (non-hydrogen) atoms. The van der Waals surface area contributed by atoms with Crippen molar-refractivity contribution in [1.82, 2.24) is 14.8 Å². The monoisotopic (exact) mass is 334 g/mol. The average molecular weight is 334 g/mol. The van der Waals surface area contributed by atoms with E-state index in [-0.39, 0.29) is 5.92 Å². The minimum Gasteiger partial charge on any atom is -0.274 e. The van der Waals surface area contributed by atoms with Crippen LogP contribution in [-0.4, -0.2) is 14.8 Å². The Morgan fingerprint density at radius 3 is 2.46 bits per heavy atom. The van der Waals surface area contributed by atoms with E-state index in [2.05, 4.69) is 46.8 Å². The molecule has 0 spiro atoms. The van der Waals surface area contributed by atoms with Crippen LogP contribution in [0.4, 0.5) is 0 Å². The third kappa shape index (κ3) is 3.34. The number of aromatic nitrogens is 3. The highest BCUT2D eigenvalue weighted by atomic mass is 32.2. The van der Waals surface area contributed by atoms with Gasteiger partial charge in [-0.25, -0.2) is 0 Å². The molecular formula is C19H18N4S. The van der Waals surface area contributed by atoms with Crippen LogP contribution >= 0.6 is 11.8 Å². The zero-order chi connectivity index (χ0) is 16.9. The maximum atomic E-state index is 9.23. The largest absolute Gasteiger partial charge is 0.274 e. The second-order valence-electron chi connectivity index (χ2n) is 5.72. The van der Waals surface area contributed by atoms with Gasteiger partial charge in [-0.05, 0) is 23.8 Å². The third-order valence-corrected chi connectivity index (χ3v) is 4.66. The van der Waals surface area contributed by atoms with Crippen molar-refractivity contribution in [3.8, 4) is 11.8 Å². The quantitative estimate of drug-likeness (QED) is 0.642. The van der Waals surface area contributed by atoms with Gasteiger partial charge in [-0.2, -0.15) is 5.26 Å². The van der Waals surface area contributed by atoms with E-state index in [0.29, 0.717) is 11.3 Å². The number of nitriles is 1. The number of nitrogens with zero attached hydrogens (tertiary/aromatic N) is 4. The van der Waals surface area contributed by atoms with Crippen LogP contribution < -0.4 is 0 Å². The zero-order valence-electron chi connectivity index (χ0n) is 13.7. The van der Waals surface area contributed by atoms with Crippen molar-refractivity contribution in [3.63, 3.8) is 0 Å². The lowest BCUT2D eigenvalue weighted by Gasteiger charge is -2.12. The lowest BCUT2D eigenvalue weighted by atomic mass is 10.1. The first-order chi connectivity index (χ1) is 11.7. The first kappa shape index (κ1) is 16.3. The molecule has 1 aromatic heterocycles. The van der Waals surface area contributed by atoms with Crippen LogP contribution in [0, 0.1) is 11.3 Å². The fraction of sp³-hybridized carbons (Fsp3) is 0.211. The number of benzene rings is 2. The molecule has 0 atom stereocenters. The van der Waals surface area contributed by atoms with Crippen molar-refractivity contribution in [1.29, 1.82) is 5.26 Å². The summed E-state index contributed by atoms with van der Waals surface area (Å²) in [4.78, 5) is 0. The van der Waals surface area contributed by atoms with Crippen molar-refractivity contribution in [2.75, 3.05) is 0 Å². The number of rotatable bonds is 5. The van der Waals surface area contributed by atoms with Gasteiger partial charge in [0.15, 0.2) is 5.16 Å². The van der Waals surface area contributed by atoms with Crippen molar-refractivity contribution >= 4 is 11.8 Å². The molecule has 0 saturated heterocycles. The maximum absolute atomic E-state index is 9.23. The van der Waals surface area contributed by atoms with E-state index in [1.807, 2.05) is 42.5 Å². The summed E-state index contributed by atoms with van der Waals surface area (Å²) < 4.78 is 2.10. The topological polar surface area (TPSA) is 54.5 Å². The summed E-state index contributed by atoms with van der Waals surface area (Å²) in [5, 5.41) is 18.8. The normalized spacial score (nSPS) is 10.8. The molecule has 0 N–H and O–H groups in total. The van der Waals surface area contributed by atoms with Crippen LogP contribution in [0.5, 0.6) is 0 Å². The number of para-hydroxylation sites is 1. The molecule has 5 heteroatoms. The highest BCUT2D eigenvalue weighted by molar-refractivity contribution is 7.98. The molecule has 3 aromatic rings. The fourth-order valence-corrected chi connectivity index (χ4v) is 3.43. The Balaban J connectivity index is 1.93. The Morgan fingerprint density at radius 1 is 1.04 bits per heavy atom. The van der Waals surface area contributed by atoms with Gasteiger partial charge in [0.05, 0.1) is 11.6 Å². The SMILES string of the molecule is CC(C)c1nnc(SCc2ccccc2C#N)n1-c1ccccc1. The lowest BCUT2D eigenvalue weighted by molar-refractivity contribution is 0.732. The molecule has 0 aliphatic rings. The van der Waals surface area contributed by atoms with Gasteiger partial charge in [0.25, 0.3) is 0 Å². The van der Waals surface area contributed by atoms with E-state index in [4.69, 9.17) is 0 Å². The second kappa shape index (κ2) is 7.33. The summed E-state index contributed by atoms with van der Waals surface area (Å²) >= 11 is 1.60. The van der Waals surface area contributed by atoms with Gasteiger partial charge in [-0.15, -0.1) is 10.2 Å². The molecule has 0 saturated carbocycles. The molecular weight excluding hydrogens is 316 g/mol. The standard InChI is InChI=1S/C19H18N4S/c1-14(2)18-21-22-19(23(18)17-10-4-3-5-11-17)24-13-16-9-7-6-8-15(16)12-20/h3-11,14H,13H2,1-2H3. The van der Waals surface area contributed by atoms with Crippen LogP contribution in [0.2, 0.25) is 0 Å². The Morgan fingerprint density at radius 2 is 1.75 bits per heavy atom. The summed E-state index contributed by atoms with van der Waals surface area (Å²) in [6.45, 7) is 4.23. The minimum absolute atomic E-state index is 0.276. The van der Waals surface area contributed by atoms with E-state index < -0.39 is 0 Å². The zero-order valence-corrected chi connectivity index (χ0v) is 14.5. The van der Waals surface area contributed by atoms with Gasteiger partial charge >= 0.3 is 0 Å². The molecule has 0 bridgehead atoms. The van der Waals surface area contributed by atoms with Crippen molar-refractivity contribution in [2.24, 2.45) is 0 Å². The molecule has 3 rings (SSSR count). The first-order valence-corrected chi connectivity index (χ1v) is 8.81. The van der Waals surface area contributed by atoms with Crippen LogP contribution in [-0.2, 0) is 5.75 Å². The molecule has 0 amide bonds. The van der Waals surface area contributed by atoms with Gasteiger partial charge < -0.3 is 0 Å². The summed E-state index contributed by atoms with van der Waals surface area (Å²) in [5.41, 5.74) is 2.78. The molecule has 0 aliphatic heterocycles. The second-order valence-corrected chi connectivity index (χ2v) is 6.67. The van der Waals surface area contributed by atoms with Crippen LogP contribution in [0.15, 0.2) is 59.8 Å². The number of hydrogen-bond donors (Lipinski definition) is 0. The average Bonchev–Trinajstić information content (AvgIpc) is 3.05. The Hall–Kier alpha value is -2.58. The summed E-state index contributed by atoms with van der Waals surface area (Å²) in [5.74, 6) is 1.91. The van der Waals surface area contributed by atoms with Crippen LogP contribution in [0.25, 0.3) is 5.69 Å². The predicted molar refractivity (Wildman–Crippen MR) is 96.2 cm³/mol.